The summed E-state index contributed by atoms with van der Waals surface area (Å²) in [6.07, 6.45) is 5.73. The second-order valence-electron chi connectivity index (χ2n) is 8.02. The van der Waals surface area contributed by atoms with Gasteiger partial charge in [-0.3, -0.25) is 0 Å². The van der Waals surface area contributed by atoms with Gasteiger partial charge in [-0.15, -0.1) is 24.0 Å². The summed E-state index contributed by atoms with van der Waals surface area (Å²) in [5.74, 6) is 1.69. The van der Waals surface area contributed by atoms with E-state index in [-0.39, 0.29) is 30.0 Å². The van der Waals surface area contributed by atoms with Crippen LogP contribution in [-0.4, -0.2) is 77.6 Å². The number of likely N-dealkylation sites (tertiary alicyclic amines) is 1. The first-order chi connectivity index (χ1) is 15.7. The number of nitrogens with one attached hydrogen (secondary N) is 2. The Morgan fingerprint density at radius 3 is 2.42 bits per heavy atom. The van der Waals surface area contributed by atoms with Crippen molar-refractivity contribution in [2.24, 2.45) is 4.99 Å². The van der Waals surface area contributed by atoms with E-state index in [2.05, 4.69) is 37.3 Å². The maximum atomic E-state index is 12.4. The van der Waals surface area contributed by atoms with Crippen LogP contribution in [0.25, 0.3) is 0 Å². The lowest BCUT2D eigenvalue weighted by atomic mass is 10.2. The molecule has 1 aromatic carbocycles. The van der Waals surface area contributed by atoms with Crippen molar-refractivity contribution in [2.45, 2.75) is 26.3 Å². The Bertz CT molecular complexity index is 912. The Hall–Kier alpha value is -2.63. The third kappa shape index (κ3) is 6.92. The fourth-order valence-corrected chi connectivity index (χ4v) is 4.03. The molecule has 0 saturated carbocycles. The molecular weight excluding hydrogens is 531 g/mol. The van der Waals surface area contributed by atoms with E-state index in [1.807, 2.05) is 35.2 Å². The summed E-state index contributed by atoms with van der Waals surface area (Å²) in [4.78, 5) is 32.3. The van der Waals surface area contributed by atoms with Gasteiger partial charge in [-0.05, 0) is 43.5 Å². The highest BCUT2D eigenvalue weighted by Gasteiger charge is 2.21. The van der Waals surface area contributed by atoms with Gasteiger partial charge in [-0.1, -0.05) is 12.1 Å². The number of benzene rings is 1. The number of amides is 2. The largest absolute Gasteiger partial charge is 0.357 e. The van der Waals surface area contributed by atoms with E-state index < -0.39 is 0 Å². The topological polar surface area (TPSA) is 89.0 Å². The third-order valence-electron chi connectivity index (χ3n) is 5.73. The second-order valence-corrected chi connectivity index (χ2v) is 8.02. The fourth-order valence-electron chi connectivity index (χ4n) is 4.03. The molecule has 9 nitrogen and oxygen atoms in total. The van der Waals surface area contributed by atoms with Crippen LogP contribution in [0.1, 0.15) is 25.3 Å². The summed E-state index contributed by atoms with van der Waals surface area (Å²) in [6, 6.07) is 9.77. The van der Waals surface area contributed by atoms with E-state index in [1.54, 1.807) is 12.4 Å². The Kier molecular flexibility index (Phi) is 9.52. The summed E-state index contributed by atoms with van der Waals surface area (Å²) in [5, 5.41) is 6.43. The van der Waals surface area contributed by atoms with Gasteiger partial charge >= 0.3 is 6.03 Å². The van der Waals surface area contributed by atoms with Gasteiger partial charge in [0.15, 0.2) is 5.96 Å². The molecule has 2 N–H and O–H groups in total. The van der Waals surface area contributed by atoms with E-state index in [0.29, 0.717) is 6.54 Å². The minimum Gasteiger partial charge on any atom is -0.357 e. The van der Waals surface area contributed by atoms with Crippen LogP contribution in [0.3, 0.4) is 0 Å². The predicted molar refractivity (Wildman–Crippen MR) is 142 cm³/mol. The first kappa shape index (κ1) is 25.0. The van der Waals surface area contributed by atoms with Gasteiger partial charge in [0.05, 0.1) is 6.54 Å². The van der Waals surface area contributed by atoms with Gasteiger partial charge in [0, 0.05) is 63.9 Å². The molecule has 2 amide bonds. The maximum Gasteiger partial charge on any atom is 0.321 e. The molecule has 33 heavy (non-hydrogen) atoms. The molecule has 0 bridgehead atoms. The van der Waals surface area contributed by atoms with Crippen LogP contribution in [0.4, 0.5) is 16.4 Å². The number of anilines is 2. The minimum absolute atomic E-state index is 0. The SMILES string of the molecule is CCNC(=NCc1cccc(NC(=O)N2CCCC2)c1)N1CCN(c2ncccn2)CC1.I. The standard InChI is InChI=1S/C23H32N8O.HI/c1-2-24-21(29-13-15-30(16-14-29)22-25-9-6-10-26-22)27-18-19-7-5-8-20(17-19)28-23(32)31-11-3-4-12-31;/h5-10,17H,2-4,11-16,18H2,1H3,(H,24,27)(H,28,32);1H. The number of aromatic nitrogens is 2. The van der Waals surface area contributed by atoms with E-state index >= 15 is 0 Å². The highest BCUT2D eigenvalue weighted by atomic mass is 127. The molecule has 0 atom stereocenters. The highest BCUT2D eigenvalue weighted by Crippen LogP contribution is 2.15. The van der Waals surface area contributed by atoms with Crippen molar-refractivity contribution in [1.82, 2.24) is 25.1 Å². The average molecular weight is 564 g/mol. The highest BCUT2D eigenvalue weighted by molar-refractivity contribution is 14.0. The zero-order valence-corrected chi connectivity index (χ0v) is 21.4. The Balaban J connectivity index is 0.00000306. The zero-order valence-electron chi connectivity index (χ0n) is 19.1. The average Bonchev–Trinajstić information content (AvgIpc) is 3.38. The molecule has 178 valence electrons. The predicted octanol–water partition coefficient (Wildman–Crippen LogP) is 3.01. The molecule has 2 aliphatic heterocycles. The lowest BCUT2D eigenvalue weighted by Crippen LogP contribution is -2.52. The van der Waals surface area contributed by atoms with Crippen LogP contribution < -0.4 is 15.5 Å². The van der Waals surface area contributed by atoms with Gasteiger partial charge in [-0.25, -0.2) is 19.8 Å². The number of carbonyl (C=O) groups excluding carboxylic acids is 1. The number of hydrogen-bond donors (Lipinski definition) is 2. The number of piperazine rings is 1. The van der Waals surface area contributed by atoms with Crippen molar-refractivity contribution >= 4 is 47.6 Å². The molecule has 10 heteroatoms. The molecule has 2 aliphatic rings. The second kappa shape index (κ2) is 12.6. The number of hydrogen-bond acceptors (Lipinski definition) is 5. The van der Waals surface area contributed by atoms with Crippen molar-refractivity contribution in [2.75, 3.05) is 56.0 Å². The van der Waals surface area contributed by atoms with Crippen molar-refractivity contribution in [1.29, 1.82) is 0 Å². The van der Waals surface area contributed by atoms with E-state index in [9.17, 15) is 4.79 Å². The molecule has 3 heterocycles. The van der Waals surface area contributed by atoms with Crippen LogP contribution >= 0.6 is 24.0 Å². The van der Waals surface area contributed by atoms with Crippen LogP contribution in [-0.2, 0) is 6.54 Å². The molecule has 0 radical (unpaired) electrons. The summed E-state index contributed by atoms with van der Waals surface area (Å²) in [7, 11) is 0. The number of carbonyl (C=O) groups is 1. The van der Waals surface area contributed by atoms with Crippen molar-refractivity contribution < 1.29 is 4.79 Å². The van der Waals surface area contributed by atoms with E-state index in [1.165, 1.54) is 0 Å². The van der Waals surface area contributed by atoms with Gasteiger partial charge in [0.1, 0.15) is 0 Å². The number of halogens is 1. The summed E-state index contributed by atoms with van der Waals surface area (Å²) in [6.45, 7) is 8.55. The molecule has 1 aromatic heterocycles. The van der Waals surface area contributed by atoms with Crippen molar-refractivity contribution in [3.8, 4) is 0 Å². The van der Waals surface area contributed by atoms with Crippen LogP contribution in [0.5, 0.6) is 0 Å². The van der Waals surface area contributed by atoms with Crippen LogP contribution in [0, 0.1) is 0 Å². The van der Waals surface area contributed by atoms with Crippen LogP contribution in [0.15, 0.2) is 47.7 Å². The molecule has 0 aliphatic carbocycles. The molecule has 2 fully saturated rings. The number of rotatable bonds is 5. The van der Waals surface area contributed by atoms with E-state index in [0.717, 1.165) is 81.8 Å². The van der Waals surface area contributed by atoms with Gasteiger partial charge < -0.3 is 25.3 Å². The molecule has 2 aromatic rings. The first-order valence-corrected chi connectivity index (χ1v) is 11.4. The van der Waals surface area contributed by atoms with Crippen molar-refractivity contribution in [3.63, 3.8) is 0 Å². The Morgan fingerprint density at radius 2 is 1.73 bits per heavy atom. The normalized spacial score (nSPS) is 16.4. The summed E-state index contributed by atoms with van der Waals surface area (Å²) >= 11 is 0. The van der Waals surface area contributed by atoms with Gasteiger partial charge in [0.2, 0.25) is 5.95 Å². The first-order valence-electron chi connectivity index (χ1n) is 11.4. The number of guanidine groups is 1. The fraction of sp³-hybridized carbons (Fsp3) is 0.478. The van der Waals surface area contributed by atoms with Crippen molar-refractivity contribution in [3.05, 3.63) is 48.3 Å². The molecule has 0 spiro atoms. The number of urea groups is 1. The lowest BCUT2D eigenvalue weighted by Gasteiger charge is -2.36. The number of aliphatic imine (C=N–C) groups is 1. The van der Waals surface area contributed by atoms with Gasteiger partial charge in [0.25, 0.3) is 0 Å². The zero-order chi connectivity index (χ0) is 22.2. The number of nitrogens with zero attached hydrogens (tertiary/aromatic N) is 6. The molecular formula is C23H33IN8O. The van der Waals surface area contributed by atoms with Gasteiger partial charge in [-0.2, -0.15) is 0 Å². The quantitative estimate of drug-likeness (QED) is 0.330. The molecule has 0 unspecified atom stereocenters. The lowest BCUT2D eigenvalue weighted by molar-refractivity contribution is 0.222. The smallest absolute Gasteiger partial charge is 0.321 e. The Morgan fingerprint density at radius 1 is 1.00 bits per heavy atom. The minimum atomic E-state index is -0.0169. The monoisotopic (exact) mass is 564 g/mol. The molecule has 2 saturated heterocycles. The third-order valence-corrected chi connectivity index (χ3v) is 5.73. The molecule has 4 rings (SSSR count). The summed E-state index contributed by atoms with van der Waals surface area (Å²) in [5.41, 5.74) is 1.88. The van der Waals surface area contributed by atoms with E-state index in [4.69, 9.17) is 4.99 Å². The Labute approximate surface area is 212 Å². The maximum absolute atomic E-state index is 12.4. The van der Waals surface area contributed by atoms with Crippen LogP contribution in [0.2, 0.25) is 0 Å². The summed E-state index contributed by atoms with van der Waals surface area (Å²) < 4.78 is 0.